The minimum Gasteiger partial charge on any atom is -0.0795 e. The zero-order valence-electron chi connectivity index (χ0n) is 22.4. The van der Waals surface area contributed by atoms with Crippen molar-refractivity contribution >= 4 is 22.8 Å². The van der Waals surface area contributed by atoms with Gasteiger partial charge in [-0.3, -0.25) is 0 Å². The zero-order chi connectivity index (χ0) is 26.3. The van der Waals surface area contributed by atoms with Gasteiger partial charge in [0.2, 0.25) is 0 Å². The van der Waals surface area contributed by atoms with Crippen LogP contribution in [0.4, 0.5) is 0 Å². The average Bonchev–Trinajstić information content (AvgIpc) is 3.59. The number of hydrogen-bond acceptors (Lipinski definition) is 0. The third-order valence-electron chi connectivity index (χ3n) is 8.17. The van der Waals surface area contributed by atoms with E-state index in [1.165, 1.54) is 76.5 Å². The van der Waals surface area contributed by atoms with Crippen molar-refractivity contribution in [3.05, 3.63) is 187 Å². The average molecular weight is 499 g/mol. The lowest BCUT2D eigenvalue weighted by atomic mass is 9.85. The van der Waals surface area contributed by atoms with Crippen LogP contribution in [-0.2, 0) is 0 Å². The lowest BCUT2D eigenvalue weighted by Gasteiger charge is -2.18. The van der Waals surface area contributed by atoms with Gasteiger partial charge < -0.3 is 0 Å². The third kappa shape index (κ3) is 3.92. The van der Waals surface area contributed by atoms with Gasteiger partial charge >= 0.3 is 0 Å². The molecule has 0 saturated heterocycles. The van der Waals surface area contributed by atoms with E-state index in [0.717, 1.165) is 6.42 Å². The summed E-state index contributed by atoms with van der Waals surface area (Å²) >= 11 is 0. The van der Waals surface area contributed by atoms with Crippen LogP contribution in [0.5, 0.6) is 0 Å². The molecule has 2 aliphatic carbocycles. The number of benzene rings is 5. The Morgan fingerprint density at radius 2 is 1.21 bits per heavy atom. The summed E-state index contributed by atoms with van der Waals surface area (Å²) < 4.78 is 0. The van der Waals surface area contributed by atoms with Gasteiger partial charge in [0.05, 0.1) is 0 Å². The minimum absolute atomic E-state index is 0.924. The summed E-state index contributed by atoms with van der Waals surface area (Å²) in [7, 11) is 0. The highest BCUT2D eigenvalue weighted by Crippen LogP contribution is 2.39. The Bertz CT molecular complexity index is 1960. The first kappa shape index (κ1) is 23.4. The largest absolute Gasteiger partial charge is 0.0795 e. The molecular formula is C39H30. The molecule has 0 aliphatic heterocycles. The van der Waals surface area contributed by atoms with E-state index in [0.29, 0.717) is 0 Å². The van der Waals surface area contributed by atoms with E-state index in [1.54, 1.807) is 0 Å². The first-order valence-electron chi connectivity index (χ1n) is 13.8. The van der Waals surface area contributed by atoms with Crippen molar-refractivity contribution in [2.75, 3.05) is 0 Å². The molecule has 0 nitrogen and oxygen atoms in total. The van der Waals surface area contributed by atoms with Gasteiger partial charge in [-0.05, 0) is 103 Å². The first-order chi connectivity index (χ1) is 19.2. The van der Waals surface area contributed by atoms with Gasteiger partial charge in [-0.2, -0.15) is 0 Å². The van der Waals surface area contributed by atoms with Crippen molar-refractivity contribution in [1.82, 2.24) is 0 Å². The monoisotopic (exact) mass is 498 g/mol. The summed E-state index contributed by atoms with van der Waals surface area (Å²) in [6, 6.07) is 41.9. The molecule has 0 heterocycles. The van der Waals surface area contributed by atoms with Gasteiger partial charge in [0.1, 0.15) is 0 Å². The Hall–Kier alpha value is -4.68. The van der Waals surface area contributed by atoms with Crippen molar-refractivity contribution < 1.29 is 0 Å². The highest BCUT2D eigenvalue weighted by Gasteiger charge is 2.22. The van der Waals surface area contributed by atoms with Crippen molar-refractivity contribution in [3.63, 3.8) is 0 Å². The van der Waals surface area contributed by atoms with Crippen molar-refractivity contribution in [1.29, 1.82) is 0 Å². The van der Waals surface area contributed by atoms with Crippen LogP contribution in [0.3, 0.4) is 0 Å². The molecule has 0 aromatic heterocycles. The molecule has 5 aromatic carbocycles. The maximum absolute atomic E-state index is 2.41. The summed E-state index contributed by atoms with van der Waals surface area (Å²) in [4.78, 5) is 0. The van der Waals surface area contributed by atoms with Gasteiger partial charge in [0.15, 0.2) is 0 Å². The normalized spacial score (nSPS) is 13.3. The fraction of sp³-hybridized carbons (Fsp3) is 0.0769. The van der Waals surface area contributed by atoms with Gasteiger partial charge in [-0.15, -0.1) is 0 Å². The second-order valence-corrected chi connectivity index (χ2v) is 10.6. The van der Waals surface area contributed by atoms with Crippen LogP contribution in [-0.4, -0.2) is 0 Å². The van der Waals surface area contributed by atoms with Crippen molar-refractivity contribution in [2.24, 2.45) is 0 Å². The number of allylic oxidation sites excluding steroid dienone is 4. The van der Waals surface area contributed by atoms with Crippen LogP contribution in [0.25, 0.3) is 22.8 Å². The molecule has 0 heteroatoms. The molecule has 0 unspecified atom stereocenters. The van der Waals surface area contributed by atoms with Gasteiger partial charge in [0.25, 0.3) is 0 Å². The van der Waals surface area contributed by atoms with E-state index in [4.69, 9.17) is 0 Å². The predicted molar refractivity (Wildman–Crippen MR) is 164 cm³/mol. The van der Waals surface area contributed by atoms with E-state index in [1.807, 2.05) is 0 Å². The zero-order valence-corrected chi connectivity index (χ0v) is 22.4. The molecular weight excluding hydrogens is 468 g/mol. The Kier molecular flexibility index (Phi) is 5.75. The molecule has 0 radical (unpaired) electrons. The topological polar surface area (TPSA) is 0 Å². The number of fused-ring (bicyclic) bond motifs is 2. The van der Waals surface area contributed by atoms with E-state index >= 15 is 0 Å². The van der Waals surface area contributed by atoms with Crippen LogP contribution in [0, 0.1) is 24.3 Å². The Morgan fingerprint density at radius 1 is 0.564 bits per heavy atom. The summed E-state index contributed by atoms with van der Waals surface area (Å²) in [5.41, 5.74) is 13.2. The molecule has 0 fully saturated rings. The molecule has 0 amide bonds. The predicted octanol–water partition coefficient (Wildman–Crippen LogP) is 7.85. The number of aryl methyl sites for hydroxylation is 2. The summed E-state index contributed by atoms with van der Waals surface area (Å²) in [5.74, 6) is 0. The van der Waals surface area contributed by atoms with E-state index in [9.17, 15) is 0 Å². The van der Waals surface area contributed by atoms with Crippen molar-refractivity contribution in [2.45, 2.75) is 20.3 Å². The molecule has 186 valence electrons. The lowest BCUT2D eigenvalue weighted by molar-refractivity contribution is 1.33. The molecule has 7 rings (SSSR count). The highest BCUT2D eigenvalue weighted by molar-refractivity contribution is 6.02. The lowest BCUT2D eigenvalue weighted by Crippen LogP contribution is -2.17. The molecule has 2 aliphatic rings. The fourth-order valence-corrected chi connectivity index (χ4v) is 6.46. The van der Waals surface area contributed by atoms with E-state index in [2.05, 4.69) is 147 Å². The van der Waals surface area contributed by atoms with Gasteiger partial charge in [-0.25, -0.2) is 0 Å². The summed E-state index contributed by atoms with van der Waals surface area (Å²) in [6.07, 6.45) is 8.02. The standard InChI is InChI=1S/C39H30/c1-26-13-11-14-27(2)37(26)33-21-12-22-34(33)39-35(24-23-32-31-20-10-9-19-30(31)25-36(32)39)38(28-15-5-3-6-16-28)29-17-7-4-8-18-29/h3-21,23-25H,22H2,1-2H3. The van der Waals surface area contributed by atoms with Crippen molar-refractivity contribution in [3.8, 4) is 0 Å². The fourth-order valence-electron chi connectivity index (χ4n) is 6.46. The molecule has 0 N–H and O–H groups in total. The Labute approximate surface area is 229 Å². The van der Waals surface area contributed by atoms with Crippen LogP contribution in [0.1, 0.15) is 45.4 Å². The minimum atomic E-state index is 0.924. The number of rotatable bonds is 4. The van der Waals surface area contributed by atoms with Crippen LogP contribution in [0.15, 0.2) is 127 Å². The quantitative estimate of drug-likeness (QED) is 0.232. The van der Waals surface area contributed by atoms with Gasteiger partial charge in [0, 0.05) is 0 Å². The first-order valence-corrected chi connectivity index (χ1v) is 13.8. The smallest absolute Gasteiger partial charge is 0.00325 e. The second kappa shape index (κ2) is 9.57. The molecule has 0 saturated carbocycles. The highest BCUT2D eigenvalue weighted by atomic mass is 14.3. The number of hydrogen-bond donors (Lipinski definition) is 0. The molecule has 0 atom stereocenters. The van der Waals surface area contributed by atoms with Crippen LogP contribution >= 0.6 is 0 Å². The Morgan fingerprint density at radius 3 is 1.90 bits per heavy atom. The Balaban J connectivity index is 1.69. The molecule has 39 heavy (non-hydrogen) atoms. The van der Waals surface area contributed by atoms with E-state index in [-0.39, 0.29) is 0 Å². The van der Waals surface area contributed by atoms with Crippen LogP contribution in [0.2, 0.25) is 0 Å². The summed E-state index contributed by atoms with van der Waals surface area (Å²) in [5, 5.41) is 5.23. The van der Waals surface area contributed by atoms with Gasteiger partial charge in [-0.1, -0.05) is 127 Å². The maximum Gasteiger partial charge on any atom is -0.00325 e. The SMILES string of the molecule is Cc1cccc(C)c1C1=C(c2c3c(ccc2=C(c2ccccc2)c2ccccc2)=c2ccccc2=C3)CC=C1. The maximum atomic E-state index is 2.41. The van der Waals surface area contributed by atoms with Crippen LogP contribution < -0.4 is 10.4 Å². The summed E-state index contributed by atoms with van der Waals surface area (Å²) in [6.45, 7) is 4.48. The third-order valence-corrected chi connectivity index (χ3v) is 8.17. The molecule has 0 spiro atoms. The molecule has 0 bridgehead atoms. The van der Waals surface area contributed by atoms with E-state index < -0.39 is 0 Å². The molecule has 5 aromatic rings. The second-order valence-electron chi connectivity index (χ2n) is 10.6.